The quantitative estimate of drug-likeness (QED) is 0.825. The molecule has 0 aliphatic rings. The number of anilines is 1. The summed E-state index contributed by atoms with van der Waals surface area (Å²) in [6.45, 7) is 0.281. The van der Waals surface area contributed by atoms with Crippen molar-refractivity contribution < 1.29 is 9.53 Å². The number of primary amides is 1. The normalized spacial score (nSPS) is 10.0. The lowest BCUT2D eigenvalue weighted by molar-refractivity contribution is 0.100. The molecule has 1 aromatic heterocycles. The van der Waals surface area contributed by atoms with Gasteiger partial charge in [0, 0.05) is 5.56 Å². The Labute approximate surface area is 104 Å². The average molecular weight is 244 g/mol. The lowest BCUT2D eigenvalue weighted by Crippen LogP contribution is -2.10. The van der Waals surface area contributed by atoms with Gasteiger partial charge in [0.2, 0.25) is 5.91 Å². The fourth-order valence-electron chi connectivity index (χ4n) is 1.31. The minimum atomic E-state index is -0.467. The third-order valence-electron chi connectivity index (χ3n) is 2.25. The zero-order valence-corrected chi connectivity index (χ0v) is 9.54. The van der Waals surface area contributed by atoms with Gasteiger partial charge >= 0.3 is 0 Å². The van der Waals surface area contributed by atoms with Gasteiger partial charge in [0.25, 0.3) is 0 Å². The molecule has 2 aromatic rings. The zero-order valence-electron chi connectivity index (χ0n) is 9.54. The fourth-order valence-corrected chi connectivity index (χ4v) is 1.31. The number of nitrogen functional groups attached to an aromatic ring is 1. The molecule has 1 aromatic carbocycles. The molecule has 18 heavy (non-hydrogen) atoms. The highest BCUT2D eigenvalue weighted by molar-refractivity contribution is 5.92. The molecular weight excluding hydrogens is 232 g/mol. The van der Waals surface area contributed by atoms with Gasteiger partial charge in [0.05, 0.1) is 18.1 Å². The maximum Gasteiger partial charge on any atom is 0.248 e. The van der Waals surface area contributed by atoms with Crippen molar-refractivity contribution in [2.24, 2.45) is 5.73 Å². The molecule has 1 amide bonds. The predicted molar refractivity (Wildman–Crippen MR) is 65.7 cm³/mol. The Morgan fingerprint density at radius 1 is 1.17 bits per heavy atom. The van der Waals surface area contributed by atoms with Crippen molar-refractivity contribution in [3.05, 3.63) is 47.9 Å². The summed E-state index contributed by atoms with van der Waals surface area (Å²) in [6.07, 6.45) is 3.02. The number of ether oxygens (including phenoxy) is 1. The SMILES string of the molecule is NC(=O)c1ccc(OCc2cnc(N)cn2)cc1. The molecule has 4 N–H and O–H groups in total. The topological polar surface area (TPSA) is 104 Å². The summed E-state index contributed by atoms with van der Waals surface area (Å²) < 4.78 is 5.47. The summed E-state index contributed by atoms with van der Waals surface area (Å²) in [5.41, 5.74) is 11.7. The van der Waals surface area contributed by atoms with Crippen molar-refractivity contribution in [1.82, 2.24) is 9.97 Å². The van der Waals surface area contributed by atoms with E-state index in [0.717, 1.165) is 0 Å². The average Bonchev–Trinajstić information content (AvgIpc) is 2.38. The molecule has 0 spiro atoms. The Morgan fingerprint density at radius 2 is 1.89 bits per heavy atom. The van der Waals surface area contributed by atoms with Gasteiger partial charge in [-0.25, -0.2) is 4.98 Å². The summed E-state index contributed by atoms with van der Waals surface area (Å²) in [5, 5.41) is 0. The van der Waals surface area contributed by atoms with Crippen molar-refractivity contribution >= 4 is 11.7 Å². The summed E-state index contributed by atoms with van der Waals surface area (Å²) in [6, 6.07) is 6.55. The van der Waals surface area contributed by atoms with Crippen molar-refractivity contribution in [3.63, 3.8) is 0 Å². The molecule has 1 heterocycles. The smallest absolute Gasteiger partial charge is 0.248 e. The summed E-state index contributed by atoms with van der Waals surface area (Å²) >= 11 is 0. The van der Waals surface area contributed by atoms with E-state index in [-0.39, 0.29) is 6.61 Å². The summed E-state index contributed by atoms with van der Waals surface area (Å²) in [4.78, 5) is 18.8. The Kier molecular flexibility index (Phi) is 3.38. The highest BCUT2D eigenvalue weighted by Gasteiger charge is 2.01. The number of rotatable bonds is 4. The number of carbonyl (C=O) groups is 1. The van der Waals surface area contributed by atoms with Gasteiger partial charge in [0.1, 0.15) is 18.2 Å². The lowest BCUT2D eigenvalue weighted by atomic mass is 10.2. The van der Waals surface area contributed by atoms with Crippen molar-refractivity contribution in [2.45, 2.75) is 6.61 Å². The number of nitrogens with zero attached hydrogens (tertiary/aromatic N) is 2. The molecule has 0 bridgehead atoms. The molecule has 0 fully saturated rings. The molecule has 6 heteroatoms. The Morgan fingerprint density at radius 3 is 2.44 bits per heavy atom. The number of hydrogen-bond donors (Lipinski definition) is 2. The molecule has 2 rings (SSSR count). The van der Waals surface area contributed by atoms with Crippen molar-refractivity contribution in [1.29, 1.82) is 0 Å². The molecular formula is C12H12N4O2. The van der Waals surface area contributed by atoms with Crippen LogP contribution in [0.5, 0.6) is 5.75 Å². The van der Waals surface area contributed by atoms with E-state index in [1.54, 1.807) is 30.5 Å². The second-order valence-electron chi connectivity index (χ2n) is 3.61. The van der Waals surface area contributed by atoms with Crippen LogP contribution in [0.1, 0.15) is 16.1 Å². The molecule has 0 atom stereocenters. The van der Waals surface area contributed by atoms with E-state index >= 15 is 0 Å². The van der Waals surface area contributed by atoms with Crippen LogP contribution in [0.2, 0.25) is 0 Å². The summed E-state index contributed by atoms with van der Waals surface area (Å²) in [5.74, 6) is 0.522. The van der Waals surface area contributed by atoms with Crippen LogP contribution in [0, 0.1) is 0 Å². The van der Waals surface area contributed by atoms with Crippen molar-refractivity contribution in [2.75, 3.05) is 5.73 Å². The number of hydrogen-bond acceptors (Lipinski definition) is 5. The van der Waals surface area contributed by atoms with Gasteiger partial charge in [-0.2, -0.15) is 0 Å². The van der Waals surface area contributed by atoms with Crippen LogP contribution >= 0.6 is 0 Å². The van der Waals surface area contributed by atoms with Crippen LogP contribution in [0.15, 0.2) is 36.7 Å². The number of nitrogens with two attached hydrogens (primary N) is 2. The van der Waals surface area contributed by atoms with Crippen LogP contribution < -0.4 is 16.2 Å². The van der Waals surface area contributed by atoms with E-state index in [2.05, 4.69) is 9.97 Å². The van der Waals surface area contributed by atoms with Crippen LogP contribution in [-0.4, -0.2) is 15.9 Å². The van der Waals surface area contributed by atoms with Gasteiger partial charge in [-0.05, 0) is 24.3 Å². The third-order valence-corrected chi connectivity index (χ3v) is 2.25. The number of amides is 1. The number of carbonyl (C=O) groups excluding carboxylic acids is 1. The number of aromatic nitrogens is 2. The standard InChI is InChI=1S/C12H12N4O2/c13-11-6-15-9(5-16-11)7-18-10-3-1-8(2-4-10)12(14)17/h1-6H,7H2,(H2,13,16)(H2,14,17). The molecule has 0 aliphatic carbocycles. The van der Waals surface area contributed by atoms with Gasteiger partial charge < -0.3 is 16.2 Å². The van der Waals surface area contributed by atoms with E-state index in [1.807, 2.05) is 0 Å². The zero-order chi connectivity index (χ0) is 13.0. The third kappa shape index (κ3) is 2.94. The molecule has 6 nitrogen and oxygen atoms in total. The highest BCUT2D eigenvalue weighted by atomic mass is 16.5. The first-order valence-electron chi connectivity index (χ1n) is 5.24. The van der Waals surface area contributed by atoms with Gasteiger partial charge in [-0.15, -0.1) is 0 Å². The second-order valence-corrected chi connectivity index (χ2v) is 3.61. The Balaban J connectivity index is 1.97. The van der Waals surface area contributed by atoms with E-state index in [0.29, 0.717) is 22.8 Å². The van der Waals surface area contributed by atoms with Crippen molar-refractivity contribution in [3.8, 4) is 5.75 Å². The molecule has 0 aliphatic heterocycles. The molecule has 92 valence electrons. The molecule has 0 saturated carbocycles. The second kappa shape index (κ2) is 5.13. The van der Waals surface area contributed by atoms with Crippen LogP contribution in [0.4, 0.5) is 5.82 Å². The van der Waals surface area contributed by atoms with Gasteiger partial charge in [-0.3, -0.25) is 9.78 Å². The largest absolute Gasteiger partial charge is 0.487 e. The van der Waals surface area contributed by atoms with E-state index in [4.69, 9.17) is 16.2 Å². The molecule has 0 unspecified atom stereocenters. The van der Waals surface area contributed by atoms with E-state index in [1.165, 1.54) is 6.20 Å². The number of benzene rings is 1. The van der Waals surface area contributed by atoms with Crippen LogP contribution in [0.3, 0.4) is 0 Å². The molecule has 0 radical (unpaired) electrons. The first kappa shape index (κ1) is 11.8. The molecule has 0 saturated heterocycles. The maximum absolute atomic E-state index is 10.9. The predicted octanol–water partition coefficient (Wildman–Crippen LogP) is 0.737. The lowest BCUT2D eigenvalue weighted by Gasteiger charge is -2.05. The highest BCUT2D eigenvalue weighted by Crippen LogP contribution is 2.13. The van der Waals surface area contributed by atoms with Gasteiger partial charge in [0.15, 0.2) is 0 Å². The first-order valence-corrected chi connectivity index (χ1v) is 5.24. The first-order chi connectivity index (χ1) is 8.65. The minimum absolute atomic E-state index is 0.281. The van der Waals surface area contributed by atoms with E-state index in [9.17, 15) is 4.79 Å². The monoisotopic (exact) mass is 244 g/mol. The fraction of sp³-hybridized carbons (Fsp3) is 0.0833. The Bertz CT molecular complexity index is 537. The van der Waals surface area contributed by atoms with Crippen LogP contribution in [0.25, 0.3) is 0 Å². The minimum Gasteiger partial charge on any atom is -0.487 e. The Hall–Kier alpha value is -2.63. The maximum atomic E-state index is 10.9. The van der Waals surface area contributed by atoms with E-state index < -0.39 is 5.91 Å². The summed E-state index contributed by atoms with van der Waals surface area (Å²) in [7, 11) is 0. The van der Waals surface area contributed by atoms with Crippen LogP contribution in [-0.2, 0) is 6.61 Å². The van der Waals surface area contributed by atoms with Gasteiger partial charge in [-0.1, -0.05) is 0 Å².